The Balaban J connectivity index is 2.44. The van der Waals surface area contributed by atoms with Crippen molar-refractivity contribution in [2.75, 3.05) is 20.3 Å². The van der Waals surface area contributed by atoms with E-state index in [1.54, 1.807) is 19.2 Å². The van der Waals surface area contributed by atoms with Crippen molar-refractivity contribution in [3.05, 3.63) is 39.9 Å². The monoisotopic (exact) mass is 266 g/mol. The van der Waals surface area contributed by atoms with Gasteiger partial charge in [-0.25, -0.2) is 0 Å². The number of nitrogens with zero attached hydrogens (tertiary/aromatic N) is 1. The van der Waals surface area contributed by atoms with Crippen LogP contribution in [0, 0.1) is 15.5 Å². The summed E-state index contributed by atoms with van der Waals surface area (Å²) in [6.45, 7) is 6.57. The first kappa shape index (κ1) is 15.6. The molecule has 0 radical (unpaired) electrons. The molecular formula is C14H22N2O3. The van der Waals surface area contributed by atoms with Gasteiger partial charge in [0.25, 0.3) is 5.69 Å². The molecule has 0 aliphatic rings. The van der Waals surface area contributed by atoms with E-state index in [1.807, 2.05) is 6.07 Å². The Bertz CT molecular complexity index is 419. The van der Waals surface area contributed by atoms with Crippen LogP contribution in [-0.2, 0) is 11.3 Å². The zero-order valence-corrected chi connectivity index (χ0v) is 11.8. The van der Waals surface area contributed by atoms with Crippen molar-refractivity contribution in [3.8, 4) is 0 Å². The maximum Gasteiger partial charge on any atom is 0.269 e. The van der Waals surface area contributed by atoms with Crippen LogP contribution in [0.5, 0.6) is 0 Å². The predicted octanol–water partition coefficient (Wildman–Crippen LogP) is 2.75. The van der Waals surface area contributed by atoms with Crippen molar-refractivity contribution in [1.82, 2.24) is 5.32 Å². The summed E-state index contributed by atoms with van der Waals surface area (Å²) in [5.74, 6) is 0. The summed E-state index contributed by atoms with van der Waals surface area (Å²) in [5, 5.41) is 14.0. The van der Waals surface area contributed by atoms with Crippen LogP contribution in [-0.4, -0.2) is 25.2 Å². The van der Waals surface area contributed by atoms with Crippen molar-refractivity contribution in [2.45, 2.75) is 26.8 Å². The van der Waals surface area contributed by atoms with E-state index in [-0.39, 0.29) is 16.0 Å². The number of nitrogens with one attached hydrogen (secondary N) is 1. The zero-order chi connectivity index (χ0) is 14.3. The van der Waals surface area contributed by atoms with Crippen molar-refractivity contribution in [2.24, 2.45) is 5.41 Å². The Morgan fingerprint density at radius 2 is 2.16 bits per heavy atom. The van der Waals surface area contributed by atoms with Gasteiger partial charge in [-0.1, -0.05) is 26.0 Å². The maximum atomic E-state index is 10.7. The Labute approximate surface area is 114 Å². The van der Waals surface area contributed by atoms with E-state index in [9.17, 15) is 10.1 Å². The van der Waals surface area contributed by atoms with Gasteiger partial charge >= 0.3 is 0 Å². The smallest absolute Gasteiger partial charge is 0.269 e. The van der Waals surface area contributed by atoms with Gasteiger partial charge < -0.3 is 10.1 Å². The normalized spacial score (nSPS) is 11.5. The highest BCUT2D eigenvalue weighted by Gasteiger charge is 2.16. The third kappa shape index (κ3) is 5.81. The van der Waals surface area contributed by atoms with E-state index in [2.05, 4.69) is 19.2 Å². The molecule has 106 valence electrons. The second kappa shape index (κ2) is 7.21. The van der Waals surface area contributed by atoms with Gasteiger partial charge in [0.15, 0.2) is 0 Å². The number of non-ortho nitro benzene ring substituents is 1. The summed E-state index contributed by atoms with van der Waals surface area (Å²) in [7, 11) is 1.70. The van der Waals surface area contributed by atoms with Crippen LogP contribution in [0.15, 0.2) is 24.3 Å². The lowest BCUT2D eigenvalue weighted by Crippen LogP contribution is -2.30. The summed E-state index contributed by atoms with van der Waals surface area (Å²) in [6, 6.07) is 6.72. The quantitative estimate of drug-likeness (QED) is 0.580. The average Bonchev–Trinajstić information content (AvgIpc) is 2.36. The van der Waals surface area contributed by atoms with Crippen LogP contribution in [0.4, 0.5) is 5.69 Å². The van der Waals surface area contributed by atoms with E-state index in [0.29, 0.717) is 6.54 Å². The molecule has 0 atom stereocenters. The van der Waals surface area contributed by atoms with Crippen molar-refractivity contribution in [1.29, 1.82) is 0 Å². The molecule has 5 heteroatoms. The van der Waals surface area contributed by atoms with Crippen LogP contribution >= 0.6 is 0 Å². The minimum atomic E-state index is -0.369. The second-order valence-corrected chi connectivity index (χ2v) is 5.44. The van der Waals surface area contributed by atoms with Gasteiger partial charge in [-0.2, -0.15) is 0 Å². The highest BCUT2D eigenvalue weighted by atomic mass is 16.6. The Hall–Kier alpha value is -1.46. The highest BCUT2D eigenvalue weighted by Crippen LogP contribution is 2.19. The molecule has 0 aliphatic heterocycles. The molecule has 1 aromatic rings. The molecule has 0 saturated carbocycles. The summed E-state index contributed by atoms with van der Waals surface area (Å²) in [4.78, 5) is 10.3. The fourth-order valence-corrected chi connectivity index (χ4v) is 1.79. The van der Waals surface area contributed by atoms with Crippen LogP contribution in [0.3, 0.4) is 0 Å². The van der Waals surface area contributed by atoms with E-state index >= 15 is 0 Å². The van der Waals surface area contributed by atoms with Gasteiger partial charge in [0.2, 0.25) is 0 Å². The van der Waals surface area contributed by atoms with Crippen LogP contribution in [0.1, 0.15) is 25.8 Å². The number of hydrogen-bond donors (Lipinski definition) is 1. The Morgan fingerprint density at radius 1 is 1.42 bits per heavy atom. The lowest BCUT2D eigenvalue weighted by atomic mass is 9.89. The summed E-state index contributed by atoms with van der Waals surface area (Å²) < 4.78 is 5.08. The molecule has 0 unspecified atom stereocenters. The molecule has 1 N–H and O–H groups in total. The van der Waals surface area contributed by atoms with E-state index < -0.39 is 0 Å². The third-order valence-corrected chi connectivity index (χ3v) is 3.04. The largest absolute Gasteiger partial charge is 0.385 e. The fourth-order valence-electron chi connectivity index (χ4n) is 1.79. The first-order valence-corrected chi connectivity index (χ1v) is 6.37. The highest BCUT2D eigenvalue weighted by molar-refractivity contribution is 5.34. The van der Waals surface area contributed by atoms with Gasteiger partial charge in [0.05, 0.1) is 4.92 Å². The molecule has 0 aliphatic carbocycles. The first-order chi connectivity index (χ1) is 8.94. The topological polar surface area (TPSA) is 64.4 Å². The van der Waals surface area contributed by atoms with Crippen LogP contribution < -0.4 is 5.32 Å². The zero-order valence-electron chi connectivity index (χ0n) is 11.8. The molecule has 0 fully saturated rings. The molecule has 19 heavy (non-hydrogen) atoms. The number of methoxy groups -OCH3 is 1. The van der Waals surface area contributed by atoms with E-state index in [0.717, 1.165) is 25.1 Å². The second-order valence-electron chi connectivity index (χ2n) is 5.44. The molecule has 1 rings (SSSR count). The van der Waals surface area contributed by atoms with Gasteiger partial charge in [-0.3, -0.25) is 10.1 Å². The number of ether oxygens (including phenoxy) is 1. The lowest BCUT2D eigenvalue weighted by Gasteiger charge is -2.24. The Morgan fingerprint density at radius 3 is 2.79 bits per heavy atom. The first-order valence-electron chi connectivity index (χ1n) is 6.37. The van der Waals surface area contributed by atoms with Gasteiger partial charge in [-0.05, 0) is 17.4 Å². The van der Waals surface area contributed by atoms with Gasteiger partial charge in [-0.15, -0.1) is 0 Å². The molecule has 1 aromatic carbocycles. The summed E-state index contributed by atoms with van der Waals surface area (Å²) >= 11 is 0. The van der Waals surface area contributed by atoms with Crippen LogP contribution in [0.2, 0.25) is 0 Å². The SMILES string of the molecule is COCCC(C)(C)CNCc1cccc([N+](=O)[O-])c1. The number of nitro groups is 1. The molecule has 0 heterocycles. The minimum absolute atomic E-state index is 0.137. The molecule has 0 bridgehead atoms. The summed E-state index contributed by atoms with van der Waals surface area (Å²) in [6.07, 6.45) is 0.978. The van der Waals surface area contributed by atoms with Crippen molar-refractivity contribution < 1.29 is 9.66 Å². The molecule has 5 nitrogen and oxygen atoms in total. The number of hydrogen-bond acceptors (Lipinski definition) is 4. The molecule has 0 aromatic heterocycles. The molecule has 0 saturated heterocycles. The minimum Gasteiger partial charge on any atom is -0.385 e. The van der Waals surface area contributed by atoms with Gasteiger partial charge in [0, 0.05) is 38.9 Å². The van der Waals surface area contributed by atoms with Crippen molar-refractivity contribution >= 4 is 5.69 Å². The number of nitro benzene ring substituents is 1. The Kier molecular flexibility index (Phi) is 5.92. The van der Waals surface area contributed by atoms with E-state index in [4.69, 9.17) is 4.74 Å². The fraction of sp³-hybridized carbons (Fsp3) is 0.571. The molecular weight excluding hydrogens is 244 g/mol. The maximum absolute atomic E-state index is 10.7. The standard InChI is InChI=1S/C14H22N2O3/c1-14(2,7-8-19-3)11-15-10-12-5-4-6-13(9-12)16(17)18/h4-6,9,15H,7-8,10-11H2,1-3H3. The van der Waals surface area contributed by atoms with Crippen molar-refractivity contribution in [3.63, 3.8) is 0 Å². The number of rotatable bonds is 8. The van der Waals surface area contributed by atoms with E-state index in [1.165, 1.54) is 6.07 Å². The lowest BCUT2D eigenvalue weighted by molar-refractivity contribution is -0.384. The average molecular weight is 266 g/mol. The molecule has 0 spiro atoms. The third-order valence-electron chi connectivity index (χ3n) is 3.04. The van der Waals surface area contributed by atoms with Gasteiger partial charge in [0.1, 0.15) is 0 Å². The summed E-state index contributed by atoms with van der Waals surface area (Å²) in [5.41, 5.74) is 1.21. The number of benzene rings is 1. The predicted molar refractivity (Wildman–Crippen MR) is 75.1 cm³/mol. The molecule has 0 amide bonds. The van der Waals surface area contributed by atoms with Crippen LogP contribution in [0.25, 0.3) is 0 Å².